The van der Waals surface area contributed by atoms with Crippen LogP contribution in [0.15, 0.2) is 30.5 Å². The van der Waals surface area contributed by atoms with Crippen LogP contribution in [0.1, 0.15) is 25.6 Å². The number of carbonyl (C=O) groups excluding carboxylic acids is 1. The minimum atomic E-state index is -0.120. The van der Waals surface area contributed by atoms with Crippen molar-refractivity contribution in [3.05, 3.63) is 36.2 Å². The molecular weight excluding hydrogens is 312 g/mol. The smallest absolute Gasteiger partial charge is 0.232 e. The quantitative estimate of drug-likeness (QED) is 0.779. The largest absolute Gasteiger partial charge is 0.497 e. The van der Waals surface area contributed by atoms with Crippen LogP contribution >= 0.6 is 11.3 Å². The summed E-state index contributed by atoms with van der Waals surface area (Å²) in [6, 6.07) is 7.79. The lowest BCUT2D eigenvalue weighted by Gasteiger charge is -2.03. The Bertz CT molecular complexity index is 838. The molecule has 3 aromatic rings. The Morgan fingerprint density at radius 1 is 1.39 bits per heavy atom. The minimum Gasteiger partial charge on any atom is -0.497 e. The minimum absolute atomic E-state index is 0.120. The SMILES string of the molecule is COc1ccc2nc(NC(=O)Cc3ccn(C(C)C)n3)sc2c1. The van der Waals surface area contributed by atoms with Crippen molar-refractivity contribution in [3.8, 4) is 5.75 Å². The van der Waals surface area contributed by atoms with Gasteiger partial charge in [-0.3, -0.25) is 9.48 Å². The third-order valence-electron chi connectivity index (χ3n) is 3.38. The average molecular weight is 330 g/mol. The number of fused-ring (bicyclic) bond motifs is 1. The van der Waals surface area contributed by atoms with E-state index in [4.69, 9.17) is 4.74 Å². The van der Waals surface area contributed by atoms with E-state index in [1.807, 2.05) is 49.0 Å². The van der Waals surface area contributed by atoms with Gasteiger partial charge in [0.1, 0.15) is 5.75 Å². The van der Waals surface area contributed by atoms with E-state index in [0.29, 0.717) is 5.13 Å². The molecule has 0 atom stereocenters. The van der Waals surface area contributed by atoms with E-state index < -0.39 is 0 Å². The fraction of sp³-hybridized carbons (Fsp3) is 0.312. The third-order valence-corrected chi connectivity index (χ3v) is 4.31. The first kappa shape index (κ1) is 15.5. The molecule has 2 heterocycles. The number of thiazole rings is 1. The van der Waals surface area contributed by atoms with Gasteiger partial charge in [0, 0.05) is 12.2 Å². The Kier molecular flexibility index (Phi) is 4.29. The van der Waals surface area contributed by atoms with Crippen molar-refractivity contribution < 1.29 is 9.53 Å². The summed E-state index contributed by atoms with van der Waals surface area (Å²) < 4.78 is 8.01. The number of nitrogens with one attached hydrogen (secondary N) is 1. The van der Waals surface area contributed by atoms with E-state index >= 15 is 0 Å². The molecule has 0 saturated carbocycles. The maximum atomic E-state index is 12.1. The van der Waals surface area contributed by atoms with Gasteiger partial charge in [-0.15, -0.1) is 0 Å². The second kappa shape index (κ2) is 6.37. The number of carbonyl (C=O) groups is 1. The predicted octanol–water partition coefficient (Wildman–Crippen LogP) is 3.26. The number of methoxy groups -OCH3 is 1. The summed E-state index contributed by atoms with van der Waals surface area (Å²) in [5, 5.41) is 7.80. The van der Waals surface area contributed by atoms with Gasteiger partial charge in [-0.2, -0.15) is 5.10 Å². The van der Waals surface area contributed by atoms with Crippen LogP contribution in [0.4, 0.5) is 5.13 Å². The normalized spacial score (nSPS) is 11.1. The summed E-state index contributed by atoms with van der Waals surface area (Å²) in [6.45, 7) is 4.10. The molecule has 6 nitrogen and oxygen atoms in total. The number of benzene rings is 1. The van der Waals surface area contributed by atoms with Gasteiger partial charge in [-0.1, -0.05) is 11.3 Å². The molecule has 1 amide bonds. The van der Waals surface area contributed by atoms with Gasteiger partial charge in [-0.05, 0) is 38.1 Å². The third kappa shape index (κ3) is 3.50. The Morgan fingerprint density at radius 3 is 2.91 bits per heavy atom. The van der Waals surface area contributed by atoms with Gasteiger partial charge in [0.25, 0.3) is 0 Å². The number of nitrogens with zero attached hydrogens (tertiary/aromatic N) is 3. The lowest BCUT2D eigenvalue weighted by molar-refractivity contribution is -0.115. The molecule has 0 bridgehead atoms. The number of ether oxygens (including phenoxy) is 1. The summed E-state index contributed by atoms with van der Waals surface area (Å²) in [7, 11) is 1.63. The molecule has 0 aliphatic carbocycles. The molecular formula is C16H18N4O2S. The first-order valence-corrected chi connectivity index (χ1v) is 8.15. The molecule has 0 spiro atoms. The lowest BCUT2D eigenvalue weighted by Crippen LogP contribution is -2.15. The fourth-order valence-corrected chi connectivity index (χ4v) is 3.08. The van der Waals surface area contributed by atoms with Gasteiger partial charge >= 0.3 is 0 Å². The van der Waals surface area contributed by atoms with Crippen molar-refractivity contribution in [2.45, 2.75) is 26.3 Å². The number of hydrogen-bond donors (Lipinski definition) is 1. The molecule has 120 valence electrons. The van der Waals surface area contributed by atoms with Crippen LogP contribution in [0.3, 0.4) is 0 Å². The molecule has 0 aliphatic heterocycles. The Labute approximate surface area is 138 Å². The molecule has 1 N–H and O–H groups in total. The van der Waals surface area contributed by atoms with Crippen molar-refractivity contribution in [2.24, 2.45) is 0 Å². The van der Waals surface area contributed by atoms with Gasteiger partial charge in [-0.25, -0.2) is 4.98 Å². The number of hydrogen-bond acceptors (Lipinski definition) is 5. The van der Waals surface area contributed by atoms with E-state index in [2.05, 4.69) is 15.4 Å². The number of amides is 1. The van der Waals surface area contributed by atoms with E-state index in [9.17, 15) is 4.79 Å². The highest BCUT2D eigenvalue weighted by Crippen LogP contribution is 2.29. The second-order valence-corrected chi connectivity index (χ2v) is 6.49. The lowest BCUT2D eigenvalue weighted by atomic mass is 10.3. The molecule has 0 unspecified atom stereocenters. The van der Waals surface area contributed by atoms with E-state index in [1.54, 1.807) is 7.11 Å². The molecule has 0 saturated heterocycles. The summed E-state index contributed by atoms with van der Waals surface area (Å²) in [5.74, 6) is 0.656. The fourth-order valence-electron chi connectivity index (χ4n) is 2.17. The van der Waals surface area contributed by atoms with E-state index in [0.717, 1.165) is 21.7 Å². The van der Waals surface area contributed by atoms with Crippen molar-refractivity contribution >= 4 is 32.6 Å². The topological polar surface area (TPSA) is 69.0 Å². The van der Waals surface area contributed by atoms with Crippen molar-refractivity contribution in [3.63, 3.8) is 0 Å². The number of rotatable bonds is 5. The molecule has 0 fully saturated rings. The monoisotopic (exact) mass is 330 g/mol. The zero-order valence-corrected chi connectivity index (χ0v) is 14.1. The van der Waals surface area contributed by atoms with Gasteiger partial charge in [0.05, 0.1) is 29.4 Å². The number of aromatic nitrogens is 3. The molecule has 0 aliphatic rings. The van der Waals surface area contributed by atoms with E-state index in [1.165, 1.54) is 11.3 Å². The number of anilines is 1. The van der Waals surface area contributed by atoms with Gasteiger partial charge in [0.15, 0.2) is 5.13 Å². The maximum Gasteiger partial charge on any atom is 0.232 e. The van der Waals surface area contributed by atoms with Crippen LogP contribution in [0.2, 0.25) is 0 Å². The maximum absolute atomic E-state index is 12.1. The molecule has 1 aromatic carbocycles. The zero-order valence-electron chi connectivity index (χ0n) is 13.2. The first-order valence-electron chi connectivity index (χ1n) is 7.33. The van der Waals surface area contributed by atoms with Crippen LogP contribution in [-0.2, 0) is 11.2 Å². The van der Waals surface area contributed by atoms with Crippen LogP contribution in [-0.4, -0.2) is 27.8 Å². The summed E-state index contributed by atoms with van der Waals surface area (Å²) in [6.07, 6.45) is 2.12. The highest BCUT2D eigenvalue weighted by molar-refractivity contribution is 7.22. The first-order chi connectivity index (χ1) is 11.0. The Hall–Kier alpha value is -2.41. The molecule has 0 radical (unpaired) electrons. The Balaban J connectivity index is 1.69. The van der Waals surface area contributed by atoms with Crippen molar-refractivity contribution in [1.82, 2.24) is 14.8 Å². The van der Waals surface area contributed by atoms with Crippen LogP contribution in [0.5, 0.6) is 5.75 Å². The highest BCUT2D eigenvalue weighted by Gasteiger charge is 2.11. The molecule has 2 aromatic heterocycles. The van der Waals surface area contributed by atoms with Crippen LogP contribution in [0, 0.1) is 0 Å². The van der Waals surface area contributed by atoms with E-state index in [-0.39, 0.29) is 18.4 Å². The second-order valence-electron chi connectivity index (χ2n) is 5.46. The average Bonchev–Trinajstić information content (AvgIpc) is 3.12. The molecule has 7 heteroatoms. The summed E-state index contributed by atoms with van der Waals surface area (Å²) >= 11 is 1.43. The molecule has 3 rings (SSSR count). The Morgan fingerprint density at radius 2 is 2.22 bits per heavy atom. The highest BCUT2D eigenvalue weighted by atomic mass is 32.1. The summed E-state index contributed by atoms with van der Waals surface area (Å²) in [5.41, 5.74) is 1.59. The van der Waals surface area contributed by atoms with Crippen LogP contribution in [0.25, 0.3) is 10.2 Å². The van der Waals surface area contributed by atoms with Crippen molar-refractivity contribution in [1.29, 1.82) is 0 Å². The van der Waals surface area contributed by atoms with Crippen molar-refractivity contribution in [2.75, 3.05) is 12.4 Å². The van der Waals surface area contributed by atoms with Gasteiger partial charge < -0.3 is 10.1 Å². The molecule has 23 heavy (non-hydrogen) atoms. The zero-order chi connectivity index (χ0) is 16.4. The standard InChI is InChI=1S/C16H18N4O2S/c1-10(2)20-7-6-11(19-20)8-15(21)18-16-17-13-5-4-12(22-3)9-14(13)23-16/h4-7,9-10H,8H2,1-3H3,(H,17,18,21). The van der Waals surface area contributed by atoms with Crippen LogP contribution < -0.4 is 10.1 Å². The predicted molar refractivity (Wildman–Crippen MR) is 91.1 cm³/mol. The van der Waals surface area contributed by atoms with Gasteiger partial charge in [0.2, 0.25) is 5.91 Å². The summed E-state index contributed by atoms with van der Waals surface area (Å²) in [4.78, 5) is 16.6.